The van der Waals surface area contributed by atoms with Gasteiger partial charge in [0.2, 0.25) is 0 Å². The smallest absolute Gasteiger partial charge is 0.265 e. The van der Waals surface area contributed by atoms with Gasteiger partial charge < -0.3 is 5.73 Å². The van der Waals surface area contributed by atoms with Gasteiger partial charge in [0, 0.05) is 22.6 Å². The van der Waals surface area contributed by atoms with E-state index in [-0.39, 0.29) is 17.7 Å². The Balaban J connectivity index is 2.35. The molecule has 18 heavy (non-hydrogen) atoms. The highest BCUT2D eigenvalue weighted by Crippen LogP contribution is 2.16. The van der Waals surface area contributed by atoms with Crippen molar-refractivity contribution in [1.82, 2.24) is 9.78 Å². The topological polar surface area (TPSA) is 80.9 Å². The first-order chi connectivity index (χ1) is 8.70. The van der Waals surface area contributed by atoms with Crippen molar-refractivity contribution in [2.24, 2.45) is 5.73 Å². The van der Waals surface area contributed by atoms with Crippen molar-refractivity contribution in [3.63, 3.8) is 0 Å². The lowest BCUT2D eigenvalue weighted by Crippen LogP contribution is -2.28. The first-order valence-corrected chi connectivity index (χ1v) is 6.14. The number of aromatic amines is 1. The van der Waals surface area contributed by atoms with Crippen LogP contribution in [0, 0.1) is 11.8 Å². The molecular weight excluding hydrogens is 250 g/mol. The summed E-state index contributed by atoms with van der Waals surface area (Å²) in [5, 5.41) is 4.37. The van der Waals surface area contributed by atoms with E-state index in [4.69, 9.17) is 5.73 Å². The fourth-order valence-electron chi connectivity index (χ4n) is 1.44. The van der Waals surface area contributed by atoms with Crippen LogP contribution in [-0.4, -0.2) is 16.3 Å². The third-order valence-electron chi connectivity index (χ3n) is 2.26. The lowest BCUT2D eigenvalue weighted by Gasteiger charge is -2.03. The lowest BCUT2D eigenvalue weighted by atomic mass is 10.2. The van der Waals surface area contributed by atoms with Crippen molar-refractivity contribution in [2.75, 3.05) is 6.54 Å². The molecular formula is C12H11N3O2S. The number of thiophene rings is 1. The zero-order valence-corrected chi connectivity index (χ0v) is 10.3. The zero-order valence-electron chi connectivity index (χ0n) is 9.47. The minimum atomic E-state index is -0.305. The number of hydrogen-bond donors (Lipinski definition) is 2. The largest absolute Gasteiger partial charge is 0.320 e. The fourth-order valence-corrected chi connectivity index (χ4v) is 2.26. The van der Waals surface area contributed by atoms with Gasteiger partial charge >= 0.3 is 0 Å². The van der Waals surface area contributed by atoms with Crippen molar-refractivity contribution in [3.8, 4) is 11.8 Å². The van der Waals surface area contributed by atoms with E-state index in [2.05, 4.69) is 16.9 Å². The molecule has 0 unspecified atom stereocenters. The molecule has 6 heteroatoms. The van der Waals surface area contributed by atoms with Crippen molar-refractivity contribution >= 4 is 11.3 Å². The monoisotopic (exact) mass is 261 g/mol. The second-order valence-corrected chi connectivity index (χ2v) is 4.50. The fraction of sp³-hybridized carbons (Fsp3) is 0.167. The molecule has 2 rings (SSSR count). The molecule has 0 spiro atoms. The van der Waals surface area contributed by atoms with Crippen LogP contribution in [0.4, 0.5) is 0 Å². The molecule has 3 N–H and O–H groups in total. The van der Waals surface area contributed by atoms with E-state index in [1.807, 2.05) is 11.4 Å². The quantitative estimate of drug-likeness (QED) is 0.744. The van der Waals surface area contributed by atoms with Crippen LogP contribution in [0.2, 0.25) is 0 Å². The van der Waals surface area contributed by atoms with Crippen molar-refractivity contribution in [3.05, 3.63) is 54.7 Å². The summed E-state index contributed by atoms with van der Waals surface area (Å²) in [5.74, 6) is 5.70. The molecule has 5 nitrogen and oxygen atoms in total. The SMILES string of the molecule is NCC#Cc1ccsc1Cn1[nH]c(=O)ccc1=O. The molecule has 0 radical (unpaired) electrons. The Morgan fingerprint density at radius 3 is 2.94 bits per heavy atom. The second kappa shape index (κ2) is 5.49. The van der Waals surface area contributed by atoms with E-state index in [0.717, 1.165) is 10.4 Å². The van der Waals surface area contributed by atoms with E-state index < -0.39 is 0 Å². The molecule has 0 saturated heterocycles. The minimum Gasteiger partial charge on any atom is -0.320 e. The van der Waals surface area contributed by atoms with Gasteiger partial charge in [-0.15, -0.1) is 11.3 Å². The normalized spacial score (nSPS) is 9.83. The van der Waals surface area contributed by atoms with E-state index in [1.54, 1.807) is 0 Å². The van der Waals surface area contributed by atoms with Gasteiger partial charge in [-0.2, -0.15) is 0 Å². The first-order valence-electron chi connectivity index (χ1n) is 5.26. The molecule has 0 fully saturated rings. The molecule has 0 aromatic carbocycles. The van der Waals surface area contributed by atoms with E-state index in [0.29, 0.717) is 6.54 Å². The van der Waals surface area contributed by atoms with Gasteiger partial charge in [-0.3, -0.25) is 14.7 Å². The summed E-state index contributed by atoms with van der Waals surface area (Å²) >= 11 is 1.48. The van der Waals surface area contributed by atoms with Crippen LogP contribution < -0.4 is 16.9 Å². The van der Waals surface area contributed by atoms with Gasteiger partial charge in [-0.05, 0) is 11.4 Å². The predicted molar refractivity (Wildman–Crippen MR) is 70.7 cm³/mol. The number of nitrogens with two attached hydrogens (primary N) is 1. The van der Waals surface area contributed by atoms with E-state index in [9.17, 15) is 9.59 Å². The third kappa shape index (κ3) is 2.77. The van der Waals surface area contributed by atoms with Crippen LogP contribution in [0.1, 0.15) is 10.4 Å². The van der Waals surface area contributed by atoms with Gasteiger partial charge in [-0.1, -0.05) is 11.8 Å². The maximum absolute atomic E-state index is 11.6. The minimum absolute atomic E-state index is 0.249. The molecule has 0 aliphatic heterocycles. The van der Waals surface area contributed by atoms with Crippen LogP contribution in [0.25, 0.3) is 0 Å². The summed E-state index contributed by atoms with van der Waals surface area (Å²) in [5.41, 5.74) is 5.60. The second-order valence-electron chi connectivity index (χ2n) is 3.50. The molecule has 2 aromatic rings. The number of rotatable bonds is 2. The standard InChI is InChI=1S/C12H11N3O2S/c13-6-1-2-9-5-7-18-10(9)8-15-12(17)4-3-11(16)14-15/h3-5,7H,6,8,13H2,(H,14,16). The Bertz CT molecular complexity index is 715. The number of H-pyrrole nitrogens is 1. The number of hydrogen-bond acceptors (Lipinski definition) is 4. The highest BCUT2D eigenvalue weighted by Gasteiger charge is 2.04. The average Bonchev–Trinajstić information content (AvgIpc) is 2.79. The Morgan fingerprint density at radius 2 is 2.17 bits per heavy atom. The summed E-state index contributed by atoms with van der Waals surface area (Å²) in [4.78, 5) is 23.7. The van der Waals surface area contributed by atoms with Crippen LogP contribution in [0.15, 0.2) is 33.2 Å². The Morgan fingerprint density at radius 1 is 1.33 bits per heavy atom. The molecule has 2 heterocycles. The first kappa shape index (κ1) is 12.4. The highest BCUT2D eigenvalue weighted by atomic mass is 32.1. The van der Waals surface area contributed by atoms with Crippen molar-refractivity contribution in [2.45, 2.75) is 6.54 Å². The Hall–Kier alpha value is -2.10. The summed E-state index contributed by atoms with van der Waals surface area (Å²) in [7, 11) is 0. The van der Waals surface area contributed by atoms with Crippen LogP contribution in [0.3, 0.4) is 0 Å². The van der Waals surface area contributed by atoms with Crippen molar-refractivity contribution in [1.29, 1.82) is 0 Å². The maximum Gasteiger partial charge on any atom is 0.265 e. The zero-order chi connectivity index (χ0) is 13.0. The Labute approximate surface area is 107 Å². The van der Waals surface area contributed by atoms with Gasteiger partial charge in [0.25, 0.3) is 11.1 Å². The summed E-state index contributed by atoms with van der Waals surface area (Å²) in [6.07, 6.45) is 0. The molecule has 0 atom stereocenters. The Kier molecular flexibility index (Phi) is 3.77. The predicted octanol–water partition coefficient (Wildman–Crippen LogP) is -0.0434. The van der Waals surface area contributed by atoms with Gasteiger partial charge in [0.05, 0.1) is 13.1 Å². The lowest BCUT2D eigenvalue weighted by molar-refractivity contribution is 0.633. The summed E-state index contributed by atoms with van der Waals surface area (Å²) in [6, 6.07) is 4.33. The molecule has 92 valence electrons. The number of aromatic nitrogens is 2. The van der Waals surface area contributed by atoms with Gasteiger partial charge in [0.1, 0.15) is 0 Å². The highest BCUT2D eigenvalue weighted by molar-refractivity contribution is 7.10. The molecule has 0 aliphatic carbocycles. The van der Waals surface area contributed by atoms with Gasteiger partial charge in [-0.25, -0.2) is 4.68 Å². The van der Waals surface area contributed by atoms with Crippen LogP contribution >= 0.6 is 11.3 Å². The van der Waals surface area contributed by atoms with E-state index in [1.165, 1.54) is 28.2 Å². The molecule has 0 aliphatic rings. The summed E-state index contributed by atoms with van der Waals surface area (Å²) < 4.78 is 1.27. The van der Waals surface area contributed by atoms with Crippen molar-refractivity contribution < 1.29 is 0 Å². The molecule has 0 bridgehead atoms. The van der Waals surface area contributed by atoms with Crippen LogP contribution in [0.5, 0.6) is 0 Å². The number of nitrogens with one attached hydrogen (secondary N) is 1. The molecule has 0 amide bonds. The third-order valence-corrected chi connectivity index (χ3v) is 3.17. The van der Waals surface area contributed by atoms with E-state index >= 15 is 0 Å². The molecule has 2 aromatic heterocycles. The molecule has 0 saturated carbocycles. The maximum atomic E-state index is 11.6. The average molecular weight is 261 g/mol. The van der Waals surface area contributed by atoms with Crippen LogP contribution in [-0.2, 0) is 6.54 Å². The number of nitrogens with zero attached hydrogens (tertiary/aromatic N) is 1. The van der Waals surface area contributed by atoms with Gasteiger partial charge in [0.15, 0.2) is 0 Å². The summed E-state index contributed by atoms with van der Waals surface area (Å²) in [6.45, 7) is 0.596.